The van der Waals surface area contributed by atoms with E-state index in [1.165, 1.54) is 7.11 Å². The number of fused-ring (bicyclic) bond motifs is 1. The molecule has 0 saturated carbocycles. The van der Waals surface area contributed by atoms with Crippen LogP contribution in [0.3, 0.4) is 0 Å². The molecule has 1 aromatic carbocycles. The lowest BCUT2D eigenvalue weighted by Crippen LogP contribution is -2.15. The van der Waals surface area contributed by atoms with Crippen molar-refractivity contribution in [3.63, 3.8) is 0 Å². The molecule has 1 amide bonds. The second kappa shape index (κ2) is 7.96. The van der Waals surface area contributed by atoms with Crippen molar-refractivity contribution >= 4 is 17.6 Å². The predicted molar refractivity (Wildman–Crippen MR) is 106 cm³/mol. The number of hydrogen-bond donors (Lipinski definition) is 2. The Balaban J connectivity index is 1.94. The molecule has 0 radical (unpaired) electrons. The summed E-state index contributed by atoms with van der Waals surface area (Å²) in [7, 11) is 1.33. The van der Waals surface area contributed by atoms with Crippen molar-refractivity contribution in [1.29, 1.82) is 0 Å². The maximum atomic E-state index is 13.0. The first-order valence-electron chi connectivity index (χ1n) is 9.46. The van der Waals surface area contributed by atoms with E-state index in [1.807, 2.05) is 26.8 Å². The normalized spacial score (nSPS) is 15.0. The first-order chi connectivity index (χ1) is 13.4. The van der Waals surface area contributed by atoms with Crippen LogP contribution in [0.5, 0.6) is 11.5 Å². The number of hydrogen-bond acceptors (Lipinski definition) is 5. The standard InChI is InChI=1S/C21H26N2O5/c1-6-14-18(21(25)26-5)12(4)19(22-14)20(24)23-15-10-16-13(8-11(3)28-16)9-17(15)27-7-2/h9-11,22H,6-8H2,1-5H3,(H,23,24). The molecule has 0 saturated heterocycles. The number of nitrogens with one attached hydrogen (secondary N) is 2. The number of methoxy groups -OCH3 is 1. The summed E-state index contributed by atoms with van der Waals surface area (Å²) in [6.07, 6.45) is 1.48. The number of benzene rings is 1. The third-order valence-electron chi connectivity index (χ3n) is 4.84. The number of anilines is 1. The molecule has 1 aliphatic heterocycles. The lowest BCUT2D eigenvalue weighted by Gasteiger charge is -2.13. The molecular formula is C21H26N2O5. The second-order valence-electron chi connectivity index (χ2n) is 6.80. The average molecular weight is 386 g/mol. The molecular weight excluding hydrogens is 360 g/mol. The van der Waals surface area contributed by atoms with Gasteiger partial charge in [0.1, 0.15) is 23.3 Å². The van der Waals surface area contributed by atoms with Gasteiger partial charge in [-0.15, -0.1) is 0 Å². The summed E-state index contributed by atoms with van der Waals surface area (Å²) in [5.41, 5.74) is 3.56. The molecule has 7 heteroatoms. The van der Waals surface area contributed by atoms with Gasteiger partial charge in [-0.2, -0.15) is 0 Å². The zero-order valence-electron chi connectivity index (χ0n) is 16.9. The van der Waals surface area contributed by atoms with Gasteiger partial charge in [-0.3, -0.25) is 4.79 Å². The first kappa shape index (κ1) is 19.8. The van der Waals surface area contributed by atoms with E-state index in [9.17, 15) is 9.59 Å². The molecule has 3 rings (SSSR count). The van der Waals surface area contributed by atoms with Crippen LogP contribution in [0.2, 0.25) is 0 Å². The Labute approximate surface area is 164 Å². The number of aromatic amines is 1. The molecule has 28 heavy (non-hydrogen) atoms. The van der Waals surface area contributed by atoms with E-state index >= 15 is 0 Å². The van der Waals surface area contributed by atoms with Crippen LogP contribution >= 0.6 is 0 Å². The molecule has 150 valence electrons. The molecule has 7 nitrogen and oxygen atoms in total. The van der Waals surface area contributed by atoms with Crippen molar-refractivity contribution in [2.45, 2.75) is 46.6 Å². The van der Waals surface area contributed by atoms with Crippen molar-refractivity contribution in [2.24, 2.45) is 0 Å². The molecule has 0 bridgehead atoms. The fraction of sp³-hybridized carbons (Fsp3) is 0.429. The zero-order valence-corrected chi connectivity index (χ0v) is 16.9. The number of amides is 1. The van der Waals surface area contributed by atoms with E-state index < -0.39 is 5.97 Å². The predicted octanol–water partition coefficient (Wildman–Crippen LogP) is 3.65. The molecule has 0 spiro atoms. The molecule has 2 aromatic rings. The molecule has 1 aliphatic rings. The summed E-state index contributed by atoms with van der Waals surface area (Å²) < 4.78 is 16.4. The van der Waals surface area contributed by atoms with E-state index in [2.05, 4.69) is 10.3 Å². The monoisotopic (exact) mass is 386 g/mol. The van der Waals surface area contributed by atoms with E-state index in [0.717, 1.165) is 17.7 Å². The summed E-state index contributed by atoms with van der Waals surface area (Å²) in [5, 5.41) is 2.89. The van der Waals surface area contributed by atoms with Crippen molar-refractivity contribution in [3.8, 4) is 11.5 Å². The molecule has 1 unspecified atom stereocenters. The van der Waals surface area contributed by atoms with Gasteiger partial charge >= 0.3 is 5.97 Å². The fourth-order valence-corrected chi connectivity index (χ4v) is 3.53. The summed E-state index contributed by atoms with van der Waals surface area (Å²) in [5.74, 6) is 0.535. The van der Waals surface area contributed by atoms with Crippen LogP contribution in [0, 0.1) is 6.92 Å². The second-order valence-corrected chi connectivity index (χ2v) is 6.80. The molecule has 1 aromatic heterocycles. The Morgan fingerprint density at radius 3 is 2.71 bits per heavy atom. The molecule has 0 fully saturated rings. The van der Waals surface area contributed by atoms with E-state index in [0.29, 0.717) is 47.0 Å². The van der Waals surface area contributed by atoms with Gasteiger partial charge in [0.15, 0.2) is 0 Å². The molecule has 1 atom stereocenters. The van der Waals surface area contributed by atoms with Crippen LogP contribution in [0.4, 0.5) is 5.69 Å². The number of H-pyrrole nitrogens is 1. The third-order valence-corrected chi connectivity index (χ3v) is 4.84. The van der Waals surface area contributed by atoms with E-state index in [4.69, 9.17) is 14.2 Å². The Morgan fingerprint density at radius 1 is 1.32 bits per heavy atom. The smallest absolute Gasteiger partial charge is 0.339 e. The van der Waals surface area contributed by atoms with Gasteiger partial charge in [-0.05, 0) is 38.8 Å². The van der Waals surface area contributed by atoms with Gasteiger partial charge in [0.05, 0.1) is 25.0 Å². The molecule has 2 N–H and O–H groups in total. The number of carbonyl (C=O) groups is 2. The van der Waals surface area contributed by atoms with E-state index in [1.54, 1.807) is 13.0 Å². The Bertz CT molecular complexity index is 916. The van der Waals surface area contributed by atoms with Crippen LogP contribution in [-0.4, -0.2) is 36.7 Å². The topological polar surface area (TPSA) is 89.7 Å². The minimum atomic E-state index is -0.459. The van der Waals surface area contributed by atoms with Gasteiger partial charge in [0, 0.05) is 23.7 Å². The minimum absolute atomic E-state index is 0.0933. The summed E-state index contributed by atoms with van der Waals surface area (Å²) in [4.78, 5) is 28.1. The Kier molecular flexibility index (Phi) is 5.63. The number of carbonyl (C=O) groups excluding carboxylic acids is 2. The largest absolute Gasteiger partial charge is 0.492 e. The zero-order chi connectivity index (χ0) is 20.4. The number of ether oxygens (including phenoxy) is 3. The van der Waals surface area contributed by atoms with Crippen molar-refractivity contribution in [3.05, 3.63) is 40.2 Å². The highest BCUT2D eigenvalue weighted by Gasteiger charge is 2.26. The van der Waals surface area contributed by atoms with Crippen LogP contribution in [-0.2, 0) is 17.6 Å². The quantitative estimate of drug-likeness (QED) is 0.740. The van der Waals surface area contributed by atoms with E-state index in [-0.39, 0.29) is 12.0 Å². The summed E-state index contributed by atoms with van der Waals surface area (Å²) in [6, 6.07) is 3.71. The SMILES string of the molecule is CCOc1cc2c(cc1NC(=O)c1[nH]c(CC)c(C(=O)OC)c1C)OC(C)C2. The number of rotatable bonds is 6. The van der Waals surface area contributed by atoms with Gasteiger partial charge in [0.25, 0.3) is 5.91 Å². The lowest BCUT2D eigenvalue weighted by molar-refractivity contribution is 0.0599. The highest BCUT2D eigenvalue weighted by molar-refractivity contribution is 6.07. The van der Waals surface area contributed by atoms with Crippen LogP contribution < -0.4 is 14.8 Å². The van der Waals surface area contributed by atoms with Crippen LogP contribution in [0.15, 0.2) is 12.1 Å². The highest BCUT2D eigenvalue weighted by atomic mass is 16.5. The Hall–Kier alpha value is -2.96. The van der Waals surface area contributed by atoms with Crippen molar-refractivity contribution < 1.29 is 23.8 Å². The average Bonchev–Trinajstić information content (AvgIpc) is 3.19. The van der Waals surface area contributed by atoms with Gasteiger partial charge in [-0.25, -0.2) is 4.79 Å². The summed E-state index contributed by atoms with van der Waals surface area (Å²) in [6.45, 7) is 8.01. The van der Waals surface area contributed by atoms with Crippen LogP contribution in [0.1, 0.15) is 58.4 Å². The van der Waals surface area contributed by atoms with Gasteiger partial charge in [0.2, 0.25) is 0 Å². The van der Waals surface area contributed by atoms with Crippen LogP contribution in [0.25, 0.3) is 0 Å². The maximum absolute atomic E-state index is 13.0. The lowest BCUT2D eigenvalue weighted by atomic mass is 10.1. The van der Waals surface area contributed by atoms with Gasteiger partial charge < -0.3 is 24.5 Å². The number of esters is 1. The minimum Gasteiger partial charge on any atom is -0.492 e. The Morgan fingerprint density at radius 2 is 2.07 bits per heavy atom. The number of aromatic nitrogens is 1. The first-order valence-corrected chi connectivity index (χ1v) is 9.46. The third kappa shape index (κ3) is 3.56. The summed E-state index contributed by atoms with van der Waals surface area (Å²) >= 11 is 0. The van der Waals surface area contributed by atoms with Crippen molar-refractivity contribution in [1.82, 2.24) is 4.98 Å². The molecule has 2 heterocycles. The highest BCUT2D eigenvalue weighted by Crippen LogP contribution is 2.38. The fourth-order valence-electron chi connectivity index (χ4n) is 3.53. The maximum Gasteiger partial charge on any atom is 0.339 e. The van der Waals surface area contributed by atoms with Gasteiger partial charge in [-0.1, -0.05) is 6.92 Å². The van der Waals surface area contributed by atoms with Crippen molar-refractivity contribution in [2.75, 3.05) is 19.0 Å². The number of aryl methyl sites for hydroxylation is 1. The molecule has 0 aliphatic carbocycles.